The van der Waals surface area contributed by atoms with E-state index >= 15 is 0 Å². The van der Waals surface area contributed by atoms with Gasteiger partial charge in [-0.2, -0.15) is 0 Å². The maximum Gasteiger partial charge on any atom is 0.257 e. The van der Waals surface area contributed by atoms with Gasteiger partial charge in [0, 0.05) is 6.54 Å². The van der Waals surface area contributed by atoms with Gasteiger partial charge in [-0.3, -0.25) is 4.79 Å². The lowest BCUT2D eigenvalue weighted by atomic mass is 9.89. The van der Waals surface area contributed by atoms with Crippen molar-refractivity contribution >= 4 is 5.91 Å². The molecule has 1 aromatic carbocycles. The van der Waals surface area contributed by atoms with Gasteiger partial charge >= 0.3 is 0 Å². The summed E-state index contributed by atoms with van der Waals surface area (Å²) in [5, 5.41) is 0. The molecule has 0 unspecified atom stereocenters. The van der Waals surface area contributed by atoms with E-state index in [1.807, 2.05) is 4.90 Å². The molecular formula is C15H18FNO2. The summed E-state index contributed by atoms with van der Waals surface area (Å²) in [6.07, 6.45) is 4.38. The number of ether oxygens (including phenoxy) is 1. The lowest BCUT2D eigenvalue weighted by molar-refractivity contribution is -0.0753. The van der Waals surface area contributed by atoms with Gasteiger partial charge in [-0.05, 0) is 25.0 Å². The Morgan fingerprint density at radius 3 is 2.89 bits per heavy atom. The Bertz CT molecular complexity index is 475. The molecule has 0 bridgehead atoms. The van der Waals surface area contributed by atoms with Crippen LogP contribution in [-0.4, -0.2) is 36.1 Å². The summed E-state index contributed by atoms with van der Waals surface area (Å²) in [5.41, 5.74) is 0.175. The van der Waals surface area contributed by atoms with Crippen molar-refractivity contribution in [2.45, 2.75) is 37.8 Å². The van der Waals surface area contributed by atoms with Crippen LogP contribution >= 0.6 is 0 Å². The third-order valence-corrected chi connectivity index (χ3v) is 4.10. The average Bonchev–Trinajstić information content (AvgIpc) is 2.46. The number of carbonyl (C=O) groups is 1. The van der Waals surface area contributed by atoms with Crippen LogP contribution in [0.25, 0.3) is 0 Å². The number of hydrogen-bond acceptors (Lipinski definition) is 2. The predicted octanol–water partition coefficient (Wildman–Crippen LogP) is 2.61. The van der Waals surface area contributed by atoms with Crippen LogP contribution < -0.4 is 0 Å². The van der Waals surface area contributed by atoms with Crippen molar-refractivity contribution < 1.29 is 13.9 Å². The van der Waals surface area contributed by atoms with Crippen LogP contribution in [0.4, 0.5) is 4.39 Å². The van der Waals surface area contributed by atoms with Crippen molar-refractivity contribution in [3.63, 3.8) is 0 Å². The first-order chi connectivity index (χ1) is 9.27. The van der Waals surface area contributed by atoms with Crippen LogP contribution in [0.5, 0.6) is 0 Å². The first kappa shape index (κ1) is 12.6. The molecule has 1 amide bonds. The summed E-state index contributed by atoms with van der Waals surface area (Å²) in [4.78, 5) is 14.3. The van der Waals surface area contributed by atoms with Gasteiger partial charge in [0.05, 0.1) is 24.3 Å². The molecule has 4 heteroatoms. The molecule has 1 aliphatic carbocycles. The van der Waals surface area contributed by atoms with E-state index in [9.17, 15) is 9.18 Å². The van der Waals surface area contributed by atoms with Crippen molar-refractivity contribution in [1.82, 2.24) is 4.90 Å². The van der Waals surface area contributed by atoms with E-state index in [1.54, 1.807) is 18.2 Å². The third kappa shape index (κ3) is 2.37. The molecule has 0 aromatic heterocycles. The molecule has 0 N–H and O–H groups in total. The Kier molecular flexibility index (Phi) is 3.51. The lowest BCUT2D eigenvalue weighted by Crippen LogP contribution is -2.54. The average molecular weight is 263 g/mol. The van der Waals surface area contributed by atoms with Crippen LogP contribution in [-0.2, 0) is 4.74 Å². The molecule has 1 saturated heterocycles. The highest BCUT2D eigenvalue weighted by Crippen LogP contribution is 2.29. The van der Waals surface area contributed by atoms with Crippen LogP contribution in [0.1, 0.15) is 36.0 Å². The fraction of sp³-hybridized carbons (Fsp3) is 0.533. The molecular weight excluding hydrogens is 245 g/mol. The smallest absolute Gasteiger partial charge is 0.257 e. The SMILES string of the molecule is O=C(c1ccccc1F)N1CCO[C@H]2CCCC[C@@H]21. The molecule has 1 saturated carbocycles. The molecule has 19 heavy (non-hydrogen) atoms. The van der Waals surface area contributed by atoms with E-state index in [0.717, 1.165) is 25.7 Å². The highest BCUT2D eigenvalue weighted by molar-refractivity contribution is 5.94. The van der Waals surface area contributed by atoms with E-state index in [-0.39, 0.29) is 23.6 Å². The lowest BCUT2D eigenvalue weighted by Gasteiger charge is -2.43. The van der Waals surface area contributed by atoms with E-state index in [1.165, 1.54) is 6.07 Å². The summed E-state index contributed by atoms with van der Waals surface area (Å²) >= 11 is 0. The number of benzene rings is 1. The highest BCUT2D eigenvalue weighted by atomic mass is 19.1. The van der Waals surface area contributed by atoms with Gasteiger partial charge < -0.3 is 9.64 Å². The Labute approximate surface area is 112 Å². The molecule has 1 heterocycles. The van der Waals surface area contributed by atoms with Crippen molar-refractivity contribution in [3.05, 3.63) is 35.6 Å². The number of hydrogen-bond donors (Lipinski definition) is 0. The number of halogens is 1. The van der Waals surface area contributed by atoms with Gasteiger partial charge in [0.25, 0.3) is 5.91 Å². The molecule has 1 aromatic rings. The number of carbonyl (C=O) groups excluding carboxylic acids is 1. The molecule has 0 spiro atoms. The van der Waals surface area contributed by atoms with Gasteiger partial charge in [0.1, 0.15) is 5.82 Å². The Morgan fingerprint density at radius 2 is 2.05 bits per heavy atom. The Hall–Kier alpha value is -1.42. The molecule has 102 valence electrons. The summed E-state index contributed by atoms with van der Waals surface area (Å²) in [6.45, 7) is 1.12. The van der Waals surface area contributed by atoms with Crippen LogP contribution in [0, 0.1) is 5.82 Å². The zero-order valence-electron chi connectivity index (χ0n) is 10.8. The van der Waals surface area contributed by atoms with Crippen molar-refractivity contribution in [1.29, 1.82) is 0 Å². The van der Waals surface area contributed by atoms with Crippen molar-refractivity contribution in [3.8, 4) is 0 Å². The second-order valence-corrected chi connectivity index (χ2v) is 5.24. The molecule has 2 fully saturated rings. The number of morpholine rings is 1. The molecule has 0 radical (unpaired) electrons. The molecule has 1 aliphatic heterocycles. The topological polar surface area (TPSA) is 29.5 Å². The number of fused-ring (bicyclic) bond motifs is 1. The number of amides is 1. The Morgan fingerprint density at radius 1 is 1.26 bits per heavy atom. The number of nitrogens with zero attached hydrogens (tertiary/aromatic N) is 1. The predicted molar refractivity (Wildman–Crippen MR) is 69.4 cm³/mol. The van der Waals surface area contributed by atoms with E-state index < -0.39 is 5.82 Å². The first-order valence-electron chi connectivity index (χ1n) is 6.94. The quantitative estimate of drug-likeness (QED) is 0.779. The molecule has 3 nitrogen and oxygen atoms in total. The maximum absolute atomic E-state index is 13.7. The third-order valence-electron chi connectivity index (χ3n) is 4.10. The summed E-state index contributed by atoms with van der Waals surface area (Å²) < 4.78 is 19.5. The minimum atomic E-state index is -0.439. The highest BCUT2D eigenvalue weighted by Gasteiger charge is 2.37. The van der Waals surface area contributed by atoms with Crippen LogP contribution in [0.15, 0.2) is 24.3 Å². The fourth-order valence-corrected chi connectivity index (χ4v) is 3.14. The monoisotopic (exact) mass is 263 g/mol. The first-order valence-corrected chi connectivity index (χ1v) is 6.94. The van der Waals surface area contributed by atoms with Gasteiger partial charge in [0.2, 0.25) is 0 Å². The zero-order chi connectivity index (χ0) is 13.2. The summed E-state index contributed by atoms with van der Waals surface area (Å²) in [5.74, 6) is -0.635. The van der Waals surface area contributed by atoms with Gasteiger partial charge in [-0.1, -0.05) is 25.0 Å². The van der Waals surface area contributed by atoms with Crippen molar-refractivity contribution in [2.75, 3.05) is 13.2 Å². The van der Waals surface area contributed by atoms with E-state index in [2.05, 4.69) is 0 Å². The van der Waals surface area contributed by atoms with Gasteiger partial charge in [0.15, 0.2) is 0 Å². The second-order valence-electron chi connectivity index (χ2n) is 5.24. The maximum atomic E-state index is 13.7. The largest absolute Gasteiger partial charge is 0.374 e. The minimum Gasteiger partial charge on any atom is -0.374 e. The summed E-state index contributed by atoms with van der Waals surface area (Å²) in [6, 6.07) is 6.33. The standard InChI is InChI=1S/C15H18FNO2/c16-12-6-2-1-5-11(12)15(18)17-9-10-19-14-8-4-3-7-13(14)17/h1-2,5-6,13-14H,3-4,7-10H2/t13-,14-/m0/s1. The van der Waals surface area contributed by atoms with E-state index in [4.69, 9.17) is 4.74 Å². The fourth-order valence-electron chi connectivity index (χ4n) is 3.14. The summed E-state index contributed by atoms with van der Waals surface area (Å²) in [7, 11) is 0. The van der Waals surface area contributed by atoms with E-state index in [0.29, 0.717) is 13.2 Å². The van der Waals surface area contributed by atoms with Crippen molar-refractivity contribution in [2.24, 2.45) is 0 Å². The van der Waals surface area contributed by atoms with Crippen LogP contribution in [0.3, 0.4) is 0 Å². The molecule has 2 aliphatic rings. The zero-order valence-corrected chi connectivity index (χ0v) is 10.8. The number of rotatable bonds is 1. The van der Waals surface area contributed by atoms with Gasteiger partial charge in [-0.25, -0.2) is 4.39 Å². The van der Waals surface area contributed by atoms with Gasteiger partial charge in [-0.15, -0.1) is 0 Å². The van der Waals surface area contributed by atoms with Crippen LogP contribution in [0.2, 0.25) is 0 Å². The normalized spacial score (nSPS) is 26.9. The minimum absolute atomic E-state index is 0.120. The molecule has 2 atom stereocenters. The Balaban J connectivity index is 1.84. The second kappa shape index (κ2) is 5.29. The molecule has 3 rings (SSSR count).